The second-order valence-electron chi connectivity index (χ2n) is 7.78. The van der Waals surface area contributed by atoms with Crippen molar-refractivity contribution in [2.24, 2.45) is 5.16 Å². The molecule has 2 atom stereocenters. The fourth-order valence-electron chi connectivity index (χ4n) is 3.37. The number of nitrogens with one attached hydrogen (secondary N) is 1. The average molecular weight is 512 g/mol. The number of oxime groups is 1. The van der Waals surface area contributed by atoms with Crippen LogP contribution in [0.25, 0.3) is 0 Å². The maximum atomic E-state index is 13.0. The first-order valence-corrected chi connectivity index (χ1v) is 12.9. The summed E-state index contributed by atoms with van der Waals surface area (Å²) in [7, 11) is 0.940. The van der Waals surface area contributed by atoms with Crippen molar-refractivity contribution in [3.05, 3.63) is 35.7 Å². The lowest BCUT2D eigenvalue weighted by Crippen LogP contribution is -2.30. The van der Waals surface area contributed by atoms with Crippen molar-refractivity contribution in [1.82, 2.24) is 13.7 Å². The Morgan fingerprint density at radius 1 is 1.24 bits per heavy atom. The second kappa shape index (κ2) is 11.8. The average Bonchev–Trinajstić information content (AvgIpc) is 3.46. The monoisotopic (exact) mass is 511 g/mol. The van der Waals surface area contributed by atoms with Crippen LogP contribution in [0, 0.1) is 6.92 Å². The third kappa shape index (κ3) is 6.57. The molecule has 1 N–H and O–H groups in total. The van der Waals surface area contributed by atoms with Crippen molar-refractivity contribution in [1.29, 1.82) is 0 Å². The van der Waals surface area contributed by atoms with Crippen LogP contribution in [0.1, 0.15) is 30.7 Å². The van der Waals surface area contributed by atoms with E-state index in [4.69, 9.17) is 14.3 Å². The summed E-state index contributed by atoms with van der Waals surface area (Å²) in [6, 6.07) is 5.92. The number of nitrogens with zero attached hydrogens (tertiary/aromatic N) is 4. The summed E-state index contributed by atoms with van der Waals surface area (Å²) in [6.45, 7) is 2.21. The molecular formula is C21H29N5O6S2. The first kappa shape index (κ1) is 26.2. The molecule has 3 rings (SSSR count). The highest BCUT2D eigenvalue weighted by Gasteiger charge is 2.27. The smallest absolute Gasteiger partial charge is 0.280 e. The van der Waals surface area contributed by atoms with Gasteiger partial charge in [0.05, 0.1) is 17.6 Å². The van der Waals surface area contributed by atoms with Gasteiger partial charge in [0, 0.05) is 51.3 Å². The van der Waals surface area contributed by atoms with E-state index in [1.54, 1.807) is 14.0 Å². The minimum absolute atomic E-state index is 0.00501. The lowest BCUT2D eigenvalue weighted by atomic mass is 10.1. The summed E-state index contributed by atoms with van der Waals surface area (Å²) >= 11 is 1.05. The zero-order chi connectivity index (χ0) is 24.7. The maximum Gasteiger partial charge on any atom is 0.280 e. The number of amides is 1. The topological polar surface area (TPSA) is 132 Å². The molecule has 11 nitrogen and oxygen atoms in total. The molecule has 1 fully saturated rings. The van der Waals surface area contributed by atoms with Gasteiger partial charge in [0.2, 0.25) is 15.2 Å². The first-order valence-electron chi connectivity index (χ1n) is 10.7. The number of carbonyl (C=O) groups excluding carboxylic acids is 1. The number of ether oxygens (including phenoxy) is 2. The predicted molar refractivity (Wildman–Crippen MR) is 127 cm³/mol. The highest BCUT2D eigenvalue weighted by atomic mass is 32.2. The summed E-state index contributed by atoms with van der Waals surface area (Å²) < 4.78 is 41.1. The lowest BCUT2D eigenvalue weighted by molar-refractivity contribution is -0.110. The molecule has 0 saturated heterocycles. The molecule has 1 aromatic carbocycles. The molecule has 0 radical (unpaired) electrons. The van der Waals surface area contributed by atoms with Crippen LogP contribution in [0.3, 0.4) is 0 Å². The van der Waals surface area contributed by atoms with Gasteiger partial charge in [-0.2, -0.15) is 8.68 Å². The fourth-order valence-corrected chi connectivity index (χ4v) is 5.10. The van der Waals surface area contributed by atoms with Gasteiger partial charge >= 0.3 is 0 Å². The number of sulfonamides is 1. The van der Waals surface area contributed by atoms with Crippen LogP contribution in [0.4, 0.5) is 5.13 Å². The van der Waals surface area contributed by atoms with Crippen LogP contribution in [0.5, 0.6) is 0 Å². The van der Waals surface area contributed by atoms with Gasteiger partial charge in [0.25, 0.3) is 5.91 Å². The number of hydrogen-bond acceptors (Lipinski definition) is 10. The number of carbonyl (C=O) groups is 1. The number of aryl methyl sites for hydroxylation is 1. The van der Waals surface area contributed by atoms with E-state index in [-0.39, 0.29) is 36.0 Å². The predicted octanol–water partition coefficient (Wildman–Crippen LogP) is 2.04. The molecule has 1 heterocycles. The Morgan fingerprint density at radius 2 is 1.94 bits per heavy atom. The van der Waals surface area contributed by atoms with E-state index >= 15 is 0 Å². The summed E-state index contributed by atoms with van der Waals surface area (Å²) in [4.78, 5) is 22.9. The molecule has 0 spiro atoms. The summed E-state index contributed by atoms with van der Waals surface area (Å²) in [6.07, 6.45) is 2.21. The summed E-state index contributed by atoms with van der Waals surface area (Å²) in [5.41, 5.74) is 0.406. The number of rotatable bonds is 11. The SMILES string of the molecule is COCCN(C)S(=O)(=O)c1ccc(C(=NO[C@@H]2CC[C@@H](OC)C2)C(=O)Nc2nc(C)ns2)cc1. The van der Waals surface area contributed by atoms with Crippen molar-refractivity contribution in [3.63, 3.8) is 0 Å². The Kier molecular flexibility index (Phi) is 9.08. The van der Waals surface area contributed by atoms with E-state index in [0.29, 0.717) is 22.9 Å². The van der Waals surface area contributed by atoms with Crippen LogP contribution in [0.2, 0.25) is 0 Å². The van der Waals surface area contributed by atoms with E-state index in [1.807, 2.05) is 0 Å². The molecule has 1 aliphatic carbocycles. The van der Waals surface area contributed by atoms with Gasteiger partial charge in [-0.15, -0.1) is 0 Å². The molecule has 1 aromatic heterocycles. The molecule has 1 amide bonds. The van der Waals surface area contributed by atoms with Crippen molar-refractivity contribution in [2.45, 2.75) is 43.3 Å². The molecule has 2 aromatic rings. The quantitative estimate of drug-likeness (QED) is 0.358. The van der Waals surface area contributed by atoms with Gasteiger partial charge < -0.3 is 14.3 Å². The molecule has 0 unspecified atom stereocenters. The number of anilines is 1. The lowest BCUT2D eigenvalue weighted by Gasteiger charge is -2.17. The minimum Gasteiger partial charge on any atom is -0.392 e. The van der Waals surface area contributed by atoms with E-state index < -0.39 is 15.9 Å². The summed E-state index contributed by atoms with van der Waals surface area (Å²) in [5, 5.41) is 7.15. The standard InChI is InChI=1S/C21H29N5O6S2/c1-14-22-21(33-25-14)23-20(27)19(24-32-17-8-7-16(13-17)31-4)15-5-9-18(10-6-15)34(28,29)26(2)11-12-30-3/h5-6,9-10,16-17H,7-8,11-13H2,1-4H3,(H,22,23,25,27)/t16-,17-/m1/s1. The van der Waals surface area contributed by atoms with Crippen LogP contribution in [-0.2, 0) is 29.1 Å². The Hall–Kier alpha value is -2.45. The molecule has 0 bridgehead atoms. The van der Waals surface area contributed by atoms with Gasteiger partial charge in [0.15, 0.2) is 5.71 Å². The maximum absolute atomic E-state index is 13.0. The van der Waals surface area contributed by atoms with Crippen molar-refractivity contribution in [3.8, 4) is 0 Å². The number of likely N-dealkylation sites (N-methyl/N-ethyl adjacent to an activating group) is 1. The van der Waals surface area contributed by atoms with Gasteiger partial charge in [0.1, 0.15) is 11.9 Å². The first-order chi connectivity index (χ1) is 16.2. The Morgan fingerprint density at radius 3 is 2.53 bits per heavy atom. The van der Waals surface area contributed by atoms with Crippen molar-refractivity contribution in [2.75, 3.05) is 39.7 Å². The Bertz CT molecular complexity index is 1100. The third-order valence-electron chi connectivity index (χ3n) is 5.37. The van der Waals surface area contributed by atoms with E-state index in [1.165, 1.54) is 42.7 Å². The molecule has 1 saturated carbocycles. The molecule has 1 aliphatic rings. The van der Waals surface area contributed by atoms with Gasteiger partial charge in [-0.05, 0) is 31.9 Å². The Balaban J connectivity index is 1.83. The third-order valence-corrected chi connectivity index (χ3v) is 7.97. The van der Waals surface area contributed by atoms with Crippen LogP contribution in [0.15, 0.2) is 34.3 Å². The molecule has 13 heteroatoms. The van der Waals surface area contributed by atoms with Crippen LogP contribution >= 0.6 is 11.5 Å². The van der Waals surface area contributed by atoms with Crippen molar-refractivity contribution < 1.29 is 27.5 Å². The van der Waals surface area contributed by atoms with E-state index in [0.717, 1.165) is 24.4 Å². The zero-order valence-electron chi connectivity index (χ0n) is 19.6. The van der Waals surface area contributed by atoms with Gasteiger partial charge in [-0.1, -0.05) is 17.3 Å². The summed E-state index contributed by atoms with van der Waals surface area (Å²) in [5.74, 6) is 0.00372. The van der Waals surface area contributed by atoms with E-state index in [9.17, 15) is 13.2 Å². The van der Waals surface area contributed by atoms with Crippen LogP contribution < -0.4 is 5.32 Å². The largest absolute Gasteiger partial charge is 0.392 e. The number of hydrogen-bond donors (Lipinski definition) is 1. The molecule has 0 aliphatic heterocycles. The number of methoxy groups -OCH3 is 2. The van der Waals surface area contributed by atoms with Gasteiger partial charge in [-0.25, -0.2) is 13.4 Å². The zero-order valence-corrected chi connectivity index (χ0v) is 21.2. The van der Waals surface area contributed by atoms with E-state index in [2.05, 4.69) is 19.8 Å². The molecule has 34 heavy (non-hydrogen) atoms. The molecular weight excluding hydrogens is 482 g/mol. The number of benzene rings is 1. The normalized spacial score (nSPS) is 18.9. The number of aromatic nitrogens is 2. The van der Waals surface area contributed by atoms with Crippen molar-refractivity contribution >= 4 is 38.3 Å². The molecule has 186 valence electrons. The van der Waals surface area contributed by atoms with Gasteiger partial charge in [-0.3, -0.25) is 10.1 Å². The highest BCUT2D eigenvalue weighted by Crippen LogP contribution is 2.25. The highest BCUT2D eigenvalue weighted by molar-refractivity contribution is 7.89. The second-order valence-corrected chi connectivity index (χ2v) is 10.6. The van der Waals surface area contributed by atoms with Crippen LogP contribution in [-0.4, -0.2) is 80.3 Å². The Labute approximate surface area is 203 Å². The minimum atomic E-state index is -3.70. The fraction of sp³-hybridized carbons (Fsp3) is 0.524.